The Bertz CT molecular complexity index is 630. The SMILES string of the molecule is Cl.Nc1nc2nc[nH]c2c(=O)n1CCN1CCCCC1. The van der Waals surface area contributed by atoms with Crippen LogP contribution in [-0.4, -0.2) is 44.1 Å². The topological polar surface area (TPSA) is 92.8 Å². The summed E-state index contributed by atoms with van der Waals surface area (Å²) < 4.78 is 1.52. The maximum Gasteiger partial charge on any atom is 0.281 e. The highest BCUT2D eigenvalue weighted by atomic mass is 35.5. The summed E-state index contributed by atoms with van der Waals surface area (Å²) in [7, 11) is 0. The lowest BCUT2D eigenvalue weighted by atomic mass is 10.1. The van der Waals surface area contributed by atoms with Gasteiger partial charge < -0.3 is 15.6 Å². The number of rotatable bonds is 3. The molecule has 0 aliphatic carbocycles. The summed E-state index contributed by atoms with van der Waals surface area (Å²) in [4.78, 5) is 25.5. The Morgan fingerprint density at radius 1 is 1.25 bits per heavy atom. The van der Waals surface area contributed by atoms with E-state index in [-0.39, 0.29) is 23.9 Å². The monoisotopic (exact) mass is 298 g/mol. The number of nitrogens with two attached hydrogens (primary N) is 1. The van der Waals surface area contributed by atoms with Crippen molar-refractivity contribution < 1.29 is 0 Å². The Labute approximate surface area is 122 Å². The van der Waals surface area contributed by atoms with Crippen LogP contribution in [0.2, 0.25) is 0 Å². The summed E-state index contributed by atoms with van der Waals surface area (Å²) in [5.74, 6) is 0.238. The van der Waals surface area contributed by atoms with Gasteiger partial charge in [0.15, 0.2) is 11.2 Å². The van der Waals surface area contributed by atoms with Crippen LogP contribution in [0, 0.1) is 0 Å². The summed E-state index contributed by atoms with van der Waals surface area (Å²) >= 11 is 0. The number of likely N-dealkylation sites (tertiary alicyclic amines) is 1. The molecule has 0 bridgehead atoms. The van der Waals surface area contributed by atoms with Crippen molar-refractivity contribution in [1.29, 1.82) is 0 Å². The van der Waals surface area contributed by atoms with Crippen molar-refractivity contribution in [3.63, 3.8) is 0 Å². The van der Waals surface area contributed by atoms with E-state index in [2.05, 4.69) is 19.9 Å². The van der Waals surface area contributed by atoms with Gasteiger partial charge in [-0.15, -0.1) is 12.4 Å². The molecule has 2 aromatic heterocycles. The third kappa shape index (κ3) is 2.78. The van der Waals surface area contributed by atoms with E-state index in [4.69, 9.17) is 5.73 Å². The molecule has 3 N–H and O–H groups in total. The number of anilines is 1. The molecule has 1 fully saturated rings. The van der Waals surface area contributed by atoms with E-state index in [9.17, 15) is 4.79 Å². The van der Waals surface area contributed by atoms with Crippen molar-refractivity contribution in [1.82, 2.24) is 24.4 Å². The summed E-state index contributed by atoms with van der Waals surface area (Å²) in [6.07, 6.45) is 5.25. The van der Waals surface area contributed by atoms with Crippen LogP contribution in [0.1, 0.15) is 19.3 Å². The highest BCUT2D eigenvalue weighted by Crippen LogP contribution is 2.09. The standard InChI is InChI=1S/C12H18N6O.ClH/c13-12-16-10-9(14-8-15-10)11(19)18(12)7-6-17-4-2-1-3-5-17;/h8H,1-7H2,(H2,13,16)(H,14,15);1H. The summed E-state index contributed by atoms with van der Waals surface area (Å²) in [6.45, 7) is 3.63. The van der Waals surface area contributed by atoms with Crippen LogP contribution in [-0.2, 0) is 6.54 Å². The predicted molar refractivity (Wildman–Crippen MR) is 80.1 cm³/mol. The van der Waals surface area contributed by atoms with Crippen LogP contribution in [0.25, 0.3) is 11.2 Å². The van der Waals surface area contributed by atoms with Crippen molar-refractivity contribution in [2.45, 2.75) is 25.8 Å². The van der Waals surface area contributed by atoms with Gasteiger partial charge in [-0.3, -0.25) is 9.36 Å². The minimum absolute atomic E-state index is 0. The van der Waals surface area contributed by atoms with Gasteiger partial charge in [-0.2, -0.15) is 4.98 Å². The molecule has 1 saturated heterocycles. The second kappa shape index (κ2) is 6.23. The van der Waals surface area contributed by atoms with Crippen molar-refractivity contribution in [3.8, 4) is 0 Å². The Balaban J connectivity index is 0.00000147. The predicted octanol–water partition coefficient (Wildman–Crippen LogP) is 0.609. The third-order valence-electron chi connectivity index (χ3n) is 3.66. The van der Waals surface area contributed by atoms with Crippen molar-refractivity contribution >= 4 is 29.5 Å². The van der Waals surface area contributed by atoms with Gasteiger partial charge >= 0.3 is 0 Å². The molecule has 0 unspecified atom stereocenters. The number of H-pyrrole nitrogens is 1. The summed E-state index contributed by atoms with van der Waals surface area (Å²) in [6, 6.07) is 0. The Morgan fingerprint density at radius 3 is 2.75 bits per heavy atom. The fourth-order valence-electron chi connectivity index (χ4n) is 2.58. The van der Waals surface area contributed by atoms with Gasteiger partial charge in [-0.25, -0.2) is 4.98 Å². The number of nitrogen functional groups attached to an aromatic ring is 1. The van der Waals surface area contributed by atoms with E-state index in [0.717, 1.165) is 19.6 Å². The number of imidazole rings is 1. The van der Waals surface area contributed by atoms with E-state index in [1.54, 1.807) is 0 Å². The maximum absolute atomic E-state index is 12.2. The van der Waals surface area contributed by atoms with Gasteiger partial charge in [0.05, 0.1) is 6.33 Å². The summed E-state index contributed by atoms with van der Waals surface area (Å²) in [5.41, 5.74) is 6.51. The zero-order chi connectivity index (χ0) is 13.2. The average molecular weight is 299 g/mol. The molecule has 1 aliphatic heterocycles. The molecule has 3 rings (SSSR count). The van der Waals surface area contributed by atoms with Gasteiger partial charge in [-0.05, 0) is 25.9 Å². The molecule has 0 atom stereocenters. The first kappa shape index (κ1) is 14.8. The fourth-order valence-corrected chi connectivity index (χ4v) is 2.58. The van der Waals surface area contributed by atoms with Gasteiger partial charge in [0.2, 0.25) is 5.95 Å². The van der Waals surface area contributed by atoms with Crippen molar-refractivity contribution in [2.75, 3.05) is 25.4 Å². The minimum atomic E-state index is -0.142. The molecule has 2 aromatic rings. The first-order valence-corrected chi connectivity index (χ1v) is 6.67. The number of hydrogen-bond acceptors (Lipinski definition) is 5. The van der Waals surface area contributed by atoms with E-state index in [1.165, 1.54) is 30.2 Å². The van der Waals surface area contributed by atoms with Crippen LogP contribution in [0.5, 0.6) is 0 Å². The number of hydrogen-bond donors (Lipinski definition) is 2. The first-order chi connectivity index (χ1) is 9.25. The number of nitrogens with zero attached hydrogens (tertiary/aromatic N) is 4. The molecule has 0 spiro atoms. The highest BCUT2D eigenvalue weighted by Gasteiger charge is 2.13. The molecule has 20 heavy (non-hydrogen) atoms. The second-order valence-electron chi connectivity index (χ2n) is 4.93. The molecule has 7 nitrogen and oxygen atoms in total. The van der Waals surface area contributed by atoms with Crippen LogP contribution >= 0.6 is 12.4 Å². The maximum atomic E-state index is 12.2. The Hall–Kier alpha value is -1.60. The van der Waals surface area contributed by atoms with Crippen LogP contribution in [0.15, 0.2) is 11.1 Å². The molecule has 3 heterocycles. The smallest absolute Gasteiger partial charge is 0.281 e. The molecular weight excluding hydrogens is 280 g/mol. The number of fused-ring (bicyclic) bond motifs is 1. The fraction of sp³-hybridized carbons (Fsp3) is 0.583. The first-order valence-electron chi connectivity index (χ1n) is 6.67. The molecule has 0 amide bonds. The van der Waals surface area contributed by atoms with Gasteiger partial charge in [0, 0.05) is 13.1 Å². The highest BCUT2D eigenvalue weighted by molar-refractivity contribution is 5.85. The zero-order valence-electron chi connectivity index (χ0n) is 11.2. The lowest BCUT2D eigenvalue weighted by Gasteiger charge is -2.26. The van der Waals surface area contributed by atoms with Gasteiger partial charge in [0.1, 0.15) is 0 Å². The average Bonchev–Trinajstić information content (AvgIpc) is 2.88. The lowest BCUT2D eigenvalue weighted by Crippen LogP contribution is -2.35. The summed E-state index contributed by atoms with van der Waals surface area (Å²) in [5, 5.41) is 0. The van der Waals surface area contributed by atoms with E-state index in [1.807, 2.05) is 0 Å². The molecule has 0 radical (unpaired) electrons. The van der Waals surface area contributed by atoms with E-state index >= 15 is 0 Å². The second-order valence-corrected chi connectivity index (χ2v) is 4.93. The van der Waals surface area contributed by atoms with Crippen molar-refractivity contribution in [3.05, 3.63) is 16.7 Å². The molecule has 110 valence electrons. The molecular formula is C12H19ClN6O. The molecule has 0 aromatic carbocycles. The largest absolute Gasteiger partial charge is 0.369 e. The van der Waals surface area contributed by atoms with E-state index in [0.29, 0.717) is 17.7 Å². The molecule has 8 heteroatoms. The van der Waals surface area contributed by atoms with Crippen molar-refractivity contribution in [2.24, 2.45) is 0 Å². The quantitative estimate of drug-likeness (QED) is 0.866. The molecule has 0 saturated carbocycles. The van der Waals surface area contributed by atoms with Crippen LogP contribution < -0.4 is 11.3 Å². The molecule has 1 aliphatic rings. The number of piperidine rings is 1. The van der Waals surface area contributed by atoms with Crippen LogP contribution in [0.4, 0.5) is 5.95 Å². The minimum Gasteiger partial charge on any atom is -0.369 e. The lowest BCUT2D eigenvalue weighted by molar-refractivity contribution is 0.220. The number of aromatic nitrogens is 4. The number of aromatic amines is 1. The van der Waals surface area contributed by atoms with Gasteiger partial charge in [0.25, 0.3) is 5.56 Å². The number of halogens is 1. The van der Waals surface area contributed by atoms with Gasteiger partial charge in [-0.1, -0.05) is 6.42 Å². The zero-order valence-corrected chi connectivity index (χ0v) is 12.0. The third-order valence-corrected chi connectivity index (χ3v) is 3.66. The Morgan fingerprint density at radius 2 is 2.00 bits per heavy atom. The number of nitrogens with one attached hydrogen (secondary N) is 1. The Kier molecular flexibility index (Phi) is 4.61. The normalized spacial score (nSPS) is 16.2. The van der Waals surface area contributed by atoms with E-state index < -0.39 is 0 Å². The van der Waals surface area contributed by atoms with Crippen LogP contribution in [0.3, 0.4) is 0 Å².